The Hall–Kier alpha value is -1.44. The molecule has 0 amide bonds. The van der Waals surface area contributed by atoms with Gasteiger partial charge < -0.3 is 9.84 Å². The minimum Gasteiger partial charge on any atom is -0.465 e. The van der Waals surface area contributed by atoms with Crippen molar-refractivity contribution in [3.8, 4) is 0 Å². The summed E-state index contributed by atoms with van der Waals surface area (Å²) in [6.45, 7) is 0.0775. The van der Waals surface area contributed by atoms with Crippen molar-refractivity contribution >= 4 is 16.0 Å². The second-order valence-electron chi connectivity index (χ2n) is 5.35. The fraction of sp³-hybridized carbons (Fsp3) is 0.500. The van der Waals surface area contributed by atoms with Crippen molar-refractivity contribution in [3.63, 3.8) is 0 Å². The van der Waals surface area contributed by atoms with Gasteiger partial charge in [-0.05, 0) is 43.5 Å². The number of benzene rings is 1. The van der Waals surface area contributed by atoms with Crippen molar-refractivity contribution in [2.45, 2.75) is 29.8 Å². The van der Waals surface area contributed by atoms with Crippen LogP contribution in [-0.2, 0) is 14.8 Å². The molecule has 1 aliphatic rings. The summed E-state index contributed by atoms with van der Waals surface area (Å²) < 4.78 is 30.5. The molecule has 0 radical (unpaired) electrons. The maximum atomic E-state index is 12.4. The largest absolute Gasteiger partial charge is 0.465 e. The van der Waals surface area contributed by atoms with Crippen LogP contribution in [0.2, 0.25) is 0 Å². The van der Waals surface area contributed by atoms with Crippen LogP contribution >= 0.6 is 0 Å². The predicted octanol–water partition coefficient (Wildman–Crippen LogP) is 1.01. The zero-order valence-electron chi connectivity index (χ0n) is 12.1. The summed E-state index contributed by atoms with van der Waals surface area (Å²) >= 11 is 0. The number of methoxy groups -OCH3 is 1. The zero-order chi connectivity index (χ0) is 15.7. The number of carbonyl (C=O) groups excluding carboxylic acids is 1. The molecular weight excluding hydrogens is 294 g/mol. The molecule has 1 saturated carbocycles. The Labute approximate surface area is 124 Å². The first-order chi connectivity index (χ1) is 9.78. The number of hydrogen-bond acceptors (Lipinski definition) is 5. The Morgan fingerprint density at radius 2 is 1.90 bits per heavy atom. The molecule has 0 aliphatic heterocycles. The van der Waals surface area contributed by atoms with E-state index in [1.54, 1.807) is 0 Å². The lowest BCUT2D eigenvalue weighted by atomic mass is 9.80. The number of sulfonamides is 1. The zero-order valence-corrected chi connectivity index (χ0v) is 12.9. The lowest BCUT2D eigenvalue weighted by molar-refractivity contribution is -0.0423. The third-order valence-corrected chi connectivity index (χ3v) is 5.60. The highest BCUT2D eigenvalue weighted by Gasteiger charge is 2.38. The lowest BCUT2D eigenvalue weighted by Crippen LogP contribution is -2.48. The number of nitrogens with zero attached hydrogens (tertiary/aromatic N) is 1. The number of carbonyl (C=O) groups is 1. The molecule has 0 aromatic heterocycles. The van der Waals surface area contributed by atoms with E-state index < -0.39 is 21.6 Å². The normalized spacial score (nSPS) is 17.3. The average Bonchev–Trinajstić information content (AvgIpc) is 2.44. The molecule has 0 bridgehead atoms. The quantitative estimate of drug-likeness (QED) is 0.820. The van der Waals surface area contributed by atoms with Crippen LogP contribution in [0.3, 0.4) is 0 Å². The Balaban J connectivity index is 2.16. The van der Waals surface area contributed by atoms with E-state index in [1.807, 2.05) is 0 Å². The SMILES string of the molecule is COC(=O)c1ccc(S(=O)(=O)N(C)CC2(O)CCC2)cc1. The van der Waals surface area contributed by atoms with Gasteiger partial charge in [0.1, 0.15) is 0 Å². The van der Waals surface area contributed by atoms with E-state index in [0.717, 1.165) is 10.7 Å². The third-order valence-electron chi connectivity index (χ3n) is 3.78. The number of likely N-dealkylation sites (N-methyl/N-ethyl adjacent to an activating group) is 1. The van der Waals surface area contributed by atoms with Crippen molar-refractivity contribution in [1.82, 2.24) is 4.31 Å². The summed E-state index contributed by atoms with van der Waals surface area (Å²) in [4.78, 5) is 11.4. The maximum Gasteiger partial charge on any atom is 0.337 e. The van der Waals surface area contributed by atoms with Crippen molar-refractivity contribution in [2.24, 2.45) is 0 Å². The van der Waals surface area contributed by atoms with Gasteiger partial charge in [-0.25, -0.2) is 13.2 Å². The molecular formula is C14H19NO5S. The van der Waals surface area contributed by atoms with Crippen LogP contribution in [0.5, 0.6) is 0 Å². The summed E-state index contributed by atoms with van der Waals surface area (Å²) in [6.07, 6.45) is 2.15. The van der Waals surface area contributed by atoms with Gasteiger partial charge in [-0.2, -0.15) is 4.31 Å². The van der Waals surface area contributed by atoms with Gasteiger partial charge in [-0.1, -0.05) is 0 Å². The van der Waals surface area contributed by atoms with Gasteiger partial charge in [0.25, 0.3) is 0 Å². The third kappa shape index (κ3) is 3.25. The summed E-state index contributed by atoms with van der Waals surface area (Å²) in [5.74, 6) is -0.518. The molecule has 7 heteroatoms. The summed E-state index contributed by atoms with van der Waals surface area (Å²) in [5.41, 5.74) is -0.620. The van der Waals surface area contributed by atoms with E-state index in [-0.39, 0.29) is 17.0 Å². The van der Waals surface area contributed by atoms with Crippen molar-refractivity contribution < 1.29 is 23.1 Å². The van der Waals surface area contributed by atoms with Crippen LogP contribution in [0.4, 0.5) is 0 Å². The molecule has 1 aliphatic carbocycles. The first-order valence-corrected chi connectivity index (χ1v) is 8.10. The second-order valence-corrected chi connectivity index (χ2v) is 7.40. The number of rotatable bonds is 5. The van der Waals surface area contributed by atoms with Gasteiger partial charge in [-0.15, -0.1) is 0 Å². The molecule has 0 saturated heterocycles. The molecule has 2 rings (SSSR count). The van der Waals surface area contributed by atoms with E-state index >= 15 is 0 Å². The van der Waals surface area contributed by atoms with Gasteiger partial charge in [-0.3, -0.25) is 0 Å². The molecule has 116 valence electrons. The van der Waals surface area contributed by atoms with Crippen LogP contribution in [-0.4, -0.2) is 50.1 Å². The summed E-state index contributed by atoms with van der Waals surface area (Å²) in [7, 11) is -0.968. The number of aliphatic hydroxyl groups is 1. The fourth-order valence-corrected chi connectivity index (χ4v) is 3.55. The van der Waals surface area contributed by atoms with Crippen molar-refractivity contribution in [2.75, 3.05) is 20.7 Å². The van der Waals surface area contributed by atoms with Crippen molar-refractivity contribution in [3.05, 3.63) is 29.8 Å². The fourth-order valence-electron chi connectivity index (χ4n) is 2.30. The molecule has 1 aromatic carbocycles. The van der Waals surface area contributed by atoms with Gasteiger partial charge in [0.2, 0.25) is 10.0 Å². The van der Waals surface area contributed by atoms with Crippen LogP contribution in [0, 0.1) is 0 Å². The Morgan fingerprint density at radius 1 is 1.33 bits per heavy atom. The molecule has 1 N–H and O–H groups in total. The lowest BCUT2D eigenvalue weighted by Gasteiger charge is -2.39. The minimum atomic E-state index is -3.68. The topological polar surface area (TPSA) is 83.9 Å². The Bertz CT molecular complexity index is 619. The van der Waals surface area contributed by atoms with Crippen LogP contribution in [0.25, 0.3) is 0 Å². The predicted molar refractivity (Wildman–Crippen MR) is 76.4 cm³/mol. The monoisotopic (exact) mass is 313 g/mol. The van der Waals surface area contributed by atoms with Crippen molar-refractivity contribution in [1.29, 1.82) is 0 Å². The summed E-state index contributed by atoms with van der Waals surface area (Å²) in [5, 5.41) is 10.1. The molecule has 1 fully saturated rings. The highest BCUT2D eigenvalue weighted by Crippen LogP contribution is 2.33. The highest BCUT2D eigenvalue weighted by atomic mass is 32.2. The minimum absolute atomic E-state index is 0.0775. The smallest absolute Gasteiger partial charge is 0.337 e. The van der Waals surface area contributed by atoms with Gasteiger partial charge in [0.05, 0.1) is 23.2 Å². The van der Waals surface area contributed by atoms with Crippen LogP contribution in [0.15, 0.2) is 29.2 Å². The standard InChI is InChI=1S/C14H19NO5S/c1-15(10-14(17)8-3-9-14)21(18,19)12-6-4-11(5-7-12)13(16)20-2/h4-7,17H,3,8-10H2,1-2H3. The van der Waals surface area contributed by atoms with Gasteiger partial charge >= 0.3 is 5.97 Å². The van der Waals surface area contributed by atoms with Gasteiger partial charge in [0, 0.05) is 13.6 Å². The number of esters is 1. The first-order valence-electron chi connectivity index (χ1n) is 6.66. The Morgan fingerprint density at radius 3 is 2.33 bits per heavy atom. The molecule has 0 unspecified atom stereocenters. The molecule has 0 heterocycles. The number of ether oxygens (including phenoxy) is 1. The molecule has 6 nitrogen and oxygen atoms in total. The van der Waals surface area contributed by atoms with E-state index in [2.05, 4.69) is 4.74 Å². The molecule has 21 heavy (non-hydrogen) atoms. The number of hydrogen-bond donors (Lipinski definition) is 1. The Kier molecular flexibility index (Phi) is 4.36. The van der Waals surface area contributed by atoms with Gasteiger partial charge in [0.15, 0.2) is 0 Å². The van der Waals surface area contributed by atoms with E-state index in [1.165, 1.54) is 38.4 Å². The average molecular weight is 313 g/mol. The highest BCUT2D eigenvalue weighted by molar-refractivity contribution is 7.89. The first kappa shape index (κ1) is 15.9. The van der Waals surface area contributed by atoms with Crippen LogP contribution in [0.1, 0.15) is 29.6 Å². The van der Waals surface area contributed by atoms with Crippen LogP contribution < -0.4 is 0 Å². The molecule has 0 spiro atoms. The van der Waals surface area contributed by atoms with E-state index in [0.29, 0.717) is 12.8 Å². The maximum absolute atomic E-state index is 12.4. The van der Waals surface area contributed by atoms with E-state index in [9.17, 15) is 18.3 Å². The summed E-state index contributed by atoms with van der Waals surface area (Å²) in [6, 6.07) is 5.54. The van der Waals surface area contributed by atoms with E-state index in [4.69, 9.17) is 0 Å². The second kappa shape index (κ2) is 5.75. The molecule has 0 atom stereocenters. The molecule has 1 aromatic rings.